The molecule has 21 heavy (non-hydrogen) atoms. The SMILES string of the molecule is CCn1cc(C(=O)[O-])c(=O)c2cc(F)c(N(C)C)c(F)c21. The second-order valence-corrected chi connectivity index (χ2v) is 4.76. The number of benzene rings is 1. The van der Waals surface area contributed by atoms with E-state index in [4.69, 9.17) is 0 Å². The van der Waals surface area contributed by atoms with Crippen LogP contribution in [0.2, 0.25) is 0 Å². The summed E-state index contributed by atoms with van der Waals surface area (Å²) in [4.78, 5) is 24.3. The zero-order valence-corrected chi connectivity index (χ0v) is 11.7. The largest absolute Gasteiger partial charge is 0.545 e. The molecule has 0 saturated heterocycles. The third-order valence-corrected chi connectivity index (χ3v) is 3.24. The normalized spacial score (nSPS) is 10.9. The van der Waals surface area contributed by atoms with Gasteiger partial charge in [0.15, 0.2) is 11.2 Å². The number of hydrogen-bond donors (Lipinski definition) is 0. The molecule has 2 rings (SSSR count). The fraction of sp³-hybridized carbons (Fsp3) is 0.286. The number of carboxylic acids is 1. The number of aromatic nitrogens is 1. The monoisotopic (exact) mass is 295 g/mol. The number of fused-ring (bicyclic) bond motifs is 1. The van der Waals surface area contributed by atoms with Crippen LogP contribution < -0.4 is 15.4 Å². The van der Waals surface area contributed by atoms with E-state index < -0.39 is 28.6 Å². The van der Waals surface area contributed by atoms with Crippen LogP contribution >= 0.6 is 0 Å². The van der Waals surface area contributed by atoms with Crippen molar-refractivity contribution in [3.05, 3.63) is 39.7 Å². The lowest BCUT2D eigenvalue weighted by atomic mass is 10.1. The van der Waals surface area contributed by atoms with Gasteiger partial charge in [-0.1, -0.05) is 0 Å². The van der Waals surface area contributed by atoms with E-state index in [1.165, 1.54) is 23.6 Å². The zero-order chi connectivity index (χ0) is 15.9. The number of carbonyl (C=O) groups is 1. The van der Waals surface area contributed by atoms with Crippen LogP contribution in [0.5, 0.6) is 0 Å². The Balaban J connectivity index is 3.05. The summed E-state index contributed by atoms with van der Waals surface area (Å²) in [6.07, 6.45) is 1.01. The molecular weight excluding hydrogens is 282 g/mol. The quantitative estimate of drug-likeness (QED) is 0.837. The molecule has 0 aliphatic carbocycles. The summed E-state index contributed by atoms with van der Waals surface area (Å²) in [5.74, 6) is -3.51. The molecule has 0 aliphatic rings. The van der Waals surface area contributed by atoms with Crippen LogP contribution in [0.3, 0.4) is 0 Å². The number of halogens is 2. The first-order chi connectivity index (χ1) is 9.79. The molecular formula is C14H13F2N2O3-. The molecule has 2 aromatic rings. The molecule has 0 N–H and O–H groups in total. The number of aromatic carboxylic acids is 1. The van der Waals surface area contributed by atoms with Gasteiger partial charge in [0.2, 0.25) is 0 Å². The molecule has 1 aromatic carbocycles. The molecule has 7 heteroatoms. The summed E-state index contributed by atoms with van der Waals surface area (Å²) >= 11 is 0. The molecule has 5 nitrogen and oxygen atoms in total. The Morgan fingerprint density at radius 3 is 2.48 bits per heavy atom. The molecule has 1 heterocycles. The number of nitrogens with zero attached hydrogens (tertiary/aromatic N) is 2. The van der Waals surface area contributed by atoms with Gasteiger partial charge < -0.3 is 19.4 Å². The highest BCUT2D eigenvalue weighted by molar-refractivity contribution is 5.92. The van der Waals surface area contributed by atoms with Gasteiger partial charge in [0.1, 0.15) is 11.5 Å². The standard InChI is InChI=1S/C14H14F2N2O3/c1-4-18-6-8(14(20)21)13(19)7-5-9(15)12(17(2)3)10(16)11(7)18/h5-6H,4H2,1-3H3,(H,20,21)/p-1. The van der Waals surface area contributed by atoms with Gasteiger partial charge in [-0.05, 0) is 13.0 Å². The third kappa shape index (κ3) is 2.24. The number of aryl methyl sites for hydroxylation is 1. The lowest BCUT2D eigenvalue weighted by Gasteiger charge is -2.19. The number of carboxylic acid groups (broad SMARTS) is 1. The molecule has 1 aromatic heterocycles. The highest BCUT2D eigenvalue weighted by Crippen LogP contribution is 2.28. The van der Waals surface area contributed by atoms with Gasteiger partial charge >= 0.3 is 0 Å². The van der Waals surface area contributed by atoms with Crippen LogP contribution in [-0.4, -0.2) is 24.6 Å². The van der Waals surface area contributed by atoms with Crippen LogP contribution in [0.25, 0.3) is 10.9 Å². The van der Waals surface area contributed by atoms with Crippen LogP contribution in [0.1, 0.15) is 17.3 Å². The van der Waals surface area contributed by atoms with Crippen molar-refractivity contribution < 1.29 is 18.7 Å². The molecule has 0 aliphatic heterocycles. The maximum atomic E-state index is 14.5. The average Bonchev–Trinajstić information content (AvgIpc) is 2.39. The number of anilines is 1. The summed E-state index contributed by atoms with van der Waals surface area (Å²) in [6.45, 7) is 1.87. The van der Waals surface area contributed by atoms with E-state index in [1.54, 1.807) is 6.92 Å². The summed E-state index contributed by atoms with van der Waals surface area (Å²) in [7, 11) is 2.94. The van der Waals surface area contributed by atoms with Crippen molar-refractivity contribution in [2.45, 2.75) is 13.5 Å². The van der Waals surface area contributed by atoms with Crippen molar-refractivity contribution in [3.8, 4) is 0 Å². The smallest absolute Gasteiger partial charge is 0.198 e. The van der Waals surface area contributed by atoms with Crippen LogP contribution in [-0.2, 0) is 6.54 Å². The van der Waals surface area contributed by atoms with E-state index in [0.717, 1.165) is 12.3 Å². The summed E-state index contributed by atoms with van der Waals surface area (Å²) in [5, 5.41) is 10.6. The Kier molecular flexibility index (Phi) is 3.67. The second-order valence-electron chi connectivity index (χ2n) is 4.76. The number of carbonyl (C=O) groups excluding carboxylic acids is 1. The predicted molar refractivity (Wildman–Crippen MR) is 72.5 cm³/mol. The first-order valence-corrected chi connectivity index (χ1v) is 6.23. The summed E-state index contributed by atoms with van der Waals surface area (Å²) in [6, 6.07) is 0.856. The Hall–Kier alpha value is -2.44. The topological polar surface area (TPSA) is 65.4 Å². The van der Waals surface area contributed by atoms with Crippen LogP contribution in [0.4, 0.5) is 14.5 Å². The maximum absolute atomic E-state index is 14.5. The van der Waals surface area contributed by atoms with Gasteiger partial charge in [0.05, 0.1) is 22.4 Å². The number of pyridine rings is 1. The zero-order valence-electron chi connectivity index (χ0n) is 11.7. The highest BCUT2D eigenvalue weighted by atomic mass is 19.1. The van der Waals surface area contributed by atoms with Gasteiger partial charge in [-0.15, -0.1) is 0 Å². The van der Waals surface area contributed by atoms with Crippen LogP contribution in [0.15, 0.2) is 17.1 Å². The lowest BCUT2D eigenvalue weighted by Crippen LogP contribution is -2.30. The van der Waals surface area contributed by atoms with Crippen molar-refractivity contribution in [2.75, 3.05) is 19.0 Å². The molecule has 0 atom stereocenters. The van der Waals surface area contributed by atoms with Crippen molar-refractivity contribution in [1.82, 2.24) is 4.57 Å². The average molecular weight is 295 g/mol. The summed E-state index contributed by atoms with van der Waals surface area (Å²) in [5.41, 5.74) is -2.00. The van der Waals surface area contributed by atoms with E-state index in [9.17, 15) is 23.5 Å². The lowest BCUT2D eigenvalue weighted by molar-refractivity contribution is -0.255. The fourth-order valence-electron chi connectivity index (χ4n) is 2.28. The van der Waals surface area contributed by atoms with Crippen molar-refractivity contribution in [1.29, 1.82) is 0 Å². The molecule has 0 radical (unpaired) electrons. The Bertz CT molecular complexity index is 797. The minimum absolute atomic E-state index is 0.127. The van der Waals surface area contributed by atoms with Crippen molar-refractivity contribution >= 4 is 22.6 Å². The third-order valence-electron chi connectivity index (χ3n) is 3.24. The number of rotatable bonds is 3. The Morgan fingerprint density at radius 1 is 1.38 bits per heavy atom. The first kappa shape index (κ1) is 15.0. The first-order valence-electron chi connectivity index (χ1n) is 6.23. The van der Waals surface area contributed by atoms with Crippen molar-refractivity contribution in [3.63, 3.8) is 0 Å². The van der Waals surface area contributed by atoms with Gasteiger partial charge in [-0.3, -0.25) is 4.79 Å². The molecule has 112 valence electrons. The Labute approximate surface area is 119 Å². The van der Waals surface area contributed by atoms with E-state index in [0.29, 0.717) is 0 Å². The minimum Gasteiger partial charge on any atom is -0.545 e. The van der Waals surface area contributed by atoms with Gasteiger partial charge in [-0.25, -0.2) is 8.78 Å². The fourth-order valence-corrected chi connectivity index (χ4v) is 2.28. The number of hydrogen-bond acceptors (Lipinski definition) is 4. The van der Waals surface area contributed by atoms with E-state index in [1.807, 2.05) is 0 Å². The molecule has 0 unspecified atom stereocenters. The minimum atomic E-state index is -1.68. The molecule has 0 bridgehead atoms. The van der Waals surface area contributed by atoms with E-state index in [2.05, 4.69) is 0 Å². The van der Waals surface area contributed by atoms with E-state index in [-0.39, 0.29) is 23.1 Å². The van der Waals surface area contributed by atoms with Crippen LogP contribution in [0, 0.1) is 11.6 Å². The van der Waals surface area contributed by atoms with Crippen molar-refractivity contribution in [2.24, 2.45) is 0 Å². The molecule has 0 amide bonds. The van der Waals surface area contributed by atoms with Gasteiger partial charge in [-0.2, -0.15) is 0 Å². The van der Waals surface area contributed by atoms with Gasteiger partial charge in [0, 0.05) is 26.8 Å². The maximum Gasteiger partial charge on any atom is 0.198 e. The molecule has 0 spiro atoms. The van der Waals surface area contributed by atoms with Gasteiger partial charge in [0.25, 0.3) is 0 Å². The second kappa shape index (κ2) is 5.16. The van der Waals surface area contributed by atoms with E-state index >= 15 is 0 Å². The Morgan fingerprint density at radius 2 is 2.00 bits per heavy atom. The highest BCUT2D eigenvalue weighted by Gasteiger charge is 2.20. The summed E-state index contributed by atoms with van der Waals surface area (Å²) < 4.78 is 29.8. The predicted octanol–water partition coefficient (Wildman–Crippen LogP) is 0.729. The molecule has 0 fully saturated rings. The molecule has 0 saturated carbocycles.